The highest BCUT2D eigenvalue weighted by atomic mass is 16.5. The van der Waals surface area contributed by atoms with E-state index < -0.39 is 5.97 Å². The van der Waals surface area contributed by atoms with Crippen molar-refractivity contribution in [3.05, 3.63) is 23.5 Å². The van der Waals surface area contributed by atoms with E-state index in [-0.39, 0.29) is 11.3 Å². The molecule has 0 amide bonds. The molecule has 0 saturated heterocycles. The van der Waals surface area contributed by atoms with E-state index in [1.165, 1.54) is 7.11 Å². The van der Waals surface area contributed by atoms with Crippen molar-refractivity contribution in [1.29, 1.82) is 0 Å². The molecule has 0 heterocycles. The van der Waals surface area contributed by atoms with Crippen molar-refractivity contribution in [3.8, 4) is 0 Å². The first-order valence-electron chi connectivity index (χ1n) is 2.92. The average Bonchev–Trinajstić information content (AvgIpc) is 2.34. The molecular weight excluding hydrogens is 132 g/mol. The summed E-state index contributed by atoms with van der Waals surface area (Å²) >= 11 is 0. The van der Waals surface area contributed by atoms with Gasteiger partial charge in [-0.2, -0.15) is 0 Å². The van der Waals surface area contributed by atoms with Gasteiger partial charge >= 0.3 is 5.97 Å². The van der Waals surface area contributed by atoms with E-state index in [0.29, 0.717) is 6.42 Å². The molecule has 0 aromatic carbocycles. The largest absolute Gasteiger partial charge is 0.511 e. The first kappa shape index (κ1) is 6.86. The lowest BCUT2D eigenvalue weighted by Gasteiger charge is -1.96. The van der Waals surface area contributed by atoms with Crippen molar-refractivity contribution in [3.63, 3.8) is 0 Å². The number of hydrogen-bond donors (Lipinski definition) is 1. The lowest BCUT2D eigenvalue weighted by Crippen LogP contribution is -2.03. The summed E-state index contributed by atoms with van der Waals surface area (Å²) in [6.07, 6.45) is 3.70. The van der Waals surface area contributed by atoms with E-state index in [4.69, 9.17) is 5.11 Å². The number of aliphatic hydroxyl groups excluding tert-OH is 1. The SMILES string of the molecule is COC(=O)C1=C(O)CC=C1. The molecule has 0 atom stereocenters. The Kier molecular flexibility index (Phi) is 1.76. The van der Waals surface area contributed by atoms with Crippen molar-refractivity contribution in [2.45, 2.75) is 6.42 Å². The van der Waals surface area contributed by atoms with Crippen LogP contribution in [0, 0.1) is 0 Å². The second-order valence-electron chi connectivity index (χ2n) is 1.96. The van der Waals surface area contributed by atoms with Crippen molar-refractivity contribution >= 4 is 5.97 Å². The Bertz CT molecular complexity index is 213. The molecule has 1 N–H and O–H groups in total. The Morgan fingerprint density at radius 1 is 1.80 bits per heavy atom. The molecule has 1 aliphatic rings. The van der Waals surface area contributed by atoms with Gasteiger partial charge in [0.2, 0.25) is 0 Å². The molecule has 10 heavy (non-hydrogen) atoms. The van der Waals surface area contributed by atoms with Crippen LogP contribution in [-0.4, -0.2) is 18.2 Å². The molecule has 0 radical (unpaired) electrons. The van der Waals surface area contributed by atoms with Gasteiger partial charge < -0.3 is 9.84 Å². The summed E-state index contributed by atoms with van der Waals surface area (Å²) in [5, 5.41) is 9.01. The Hall–Kier alpha value is -1.25. The maximum Gasteiger partial charge on any atom is 0.341 e. The highest BCUT2D eigenvalue weighted by molar-refractivity contribution is 5.92. The predicted octanol–water partition coefficient (Wildman–Crippen LogP) is 0.931. The Labute approximate surface area is 58.6 Å². The maximum atomic E-state index is 10.7. The van der Waals surface area contributed by atoms with E-state index in [0.717, 1.165) is 0 Å². The normalized spacial score (nSPS) is 16.1. The molecule has 3 heteroatoms. The molecule has 0 bridgehead atoms. The van der Waals surface area contributed by atoms with Gasteiger partial charge in [0.25, 0.3) is 0 Å². The molecule has 0 spiro atoms. The van der Waals surface area contributed by atoms with Crippen LogP contribution in [0.5, 0.6) is 0 Å². The number of hydrogen-bond acceptors (Lipinski definition) is 3. The molecule has 1 rings (SSSR count). The van der Waals surface area contributed by atoms with Gasteiger partial charge in [-0.3, -0.25) is 0 Å². The zero-order valence-electron chi connectivity index (χ0n) is 5.63. The fourth-order valence-electron chi connectivity index (χ4n) is 0.790. The molecule has 0 fully saturated rings. The lowest BCUT2D eigenvalue weighted by molar-refractivity contribution is -0.135. The molecule has 0 aromatic heterocycles. The van der Waals surface area contributed by atoms with Crippen LogP contribution >= 0.6 is 0 Å². The number of carbonyl (C=O) groups excluding carboxylic acids is 1. The molecule has 0 aliphatic heterocycles. The molecule has 0 saturated carbocycles. The van der Waals surface area contributed by atoms with Crippen LogP contribution in [0.1, 0.15) is 6.42 Å². The van der Waals surface area contributed by atoms with Crippen LogP contribution in [0.3, 0.4) is 0 Å². The van der Waals surface area contributed by atoms with Gasteiger partial charge in [0.1, 0.15) is 5.76 Å². The maximum absolute atomic E-state index is 10.7. The van der Waals surface area contributed by atoms with Crippen molar-refractivity contribution in [2.24, 2.45) is 0 Å². The minimum atomic E-state index is -0.480. The van der Waals surface area contributed by atoms with Crippen LogP contribution in [0.25, 0.3) is 0 Å². The summed E-state index contributed by atoms with van der Waals surface area (Å²) in [6, 6.07) is 0. The van der Waals surface area contributed by atoms with Crippen LogP contribution < -0.4 is 0 Å². The quantitative estimate of drug-likeness (QED) is 0.551. The lowest BCUT2D eigenvalue weighted by atomic mass is 10.3. The van der Waals surface area contributed by atoms with Crippen LogP contribution in [0.2, 0.25) is 0 Å². The monoisotopic (exact) mass is 140 g/mol. The third-order valence-electron chi connectivity index (χ3n) is 1.31. The molecule has 54 valence electrons. The Balaban J connectivity index is 2.80. The number of ether oxygens (including phenoxy) is 1. The summed E-state index contributed by atoms with van der Waals surface area (Å²) in [7, 11) is 1.29. The van der Waals surface area contributed by atoms with Gasteiger partial charge in [0, 0.05) is 6.42 Å². The fourth-order valence-corrected chi connectivity index (χ4v) is 0.790. The number of carbonyl (C=O) groups is 1. The summed E-state index contributed by atoms with van der Waals surface area (Å²) in [5.41, 5.74) is 0.266. The number of esters is 1. The zero-order chi connectivity index (χ0) is 7.56. The van der Waals surface area contributed by atoms with Crippen molar-refractivity contribution in [1.82, 2.24) is 0 Å². The topological polar surface area (TPSA) is 46.5 Å². The highest BCUT2D eigenvalue weighted by Gasteiger charge is 2.15. The van der Waals surface area contributed by atoms with Gasteiger partial charge in [-0.05, 0) is 6.08 Å². The standard InChI is InChI=1S/C7H8O3/c1-10-7(9)5-3-2-4-6(5)8/h2-3,8H,4H2,1H3. The number of rotatable bonds is 1. The Morgan fingerprint density at radius 2 is 2.50 bits per heavy atom. The average molecular weight is 140 g/mol. The van der Waals surface area contributed by atoms with Crippen LogP contribution in [-0.2, 0) is 9.53 Å². The van der Waals surface area contributed by atoms with E-state index in [2.05, 4.69) is 4.74 Å². The molecule has 0 unspecified atom stereocenters. The van der Waals surface area contributed by atoms with Gasteiger partial charge in [0.05, 0.1) is 12.7 Å². The minimum absolute atomic E-state index is 0.0897. The third kappa shape index (κ3) is 1.03. The smallest absolute Gasteiger partial charge is 0.341 e. The predicted molar refractivity (Wildman–Crippen MR) is 35.4 cm³/mol. The molecule has 1 aliphatic carbocycles. The summed E-state index contributed by atoms with van der Waals surface area (Å²) < 4.78 is 4.40. The van der Waals surface area contributed by atoms with Gasteiger partial charge in [-0.1, -0.05) is 6.08 Å². The van der Waals surface area contributed by atoms with Gasteiger partial charge in [0.15, 0.2) is 0 Å². The third-order valence-corrected chi connectivity index (χ3v) is 1.31. The van der Waals surface area contributed by atoms with E-state index in [9.17, 15) is 4.79 Å². The van der Waals surface area contributed by atoms with Crippen molar-refractivity contribution in [2.75, 3.05) is 7.11 Å². The number of aliphatic hydroxyl groups is 1. The van der Waals surface area contributed by atoms with E-state index in [1.807, 2.05) is 0 Å². The summed E-state index contributed by atoms with van der Waals surface area (Å²) in [5.74, 6) is -0.391. The minimum Gasteiger partial charge on any atom is -0.511 e. The van der Waals surface area contributed by atoms with E-state index in [1.54, 1.807) is 12.2 Å². The van der Waals surface area contributed by atoms with Gasteiger partial charge in [-0.25, -0.2) is 4.79 Å². The number of allylic oxidation sites excluding steroid dienone is 1. The number of methoxy groups -OCH3 is 1. The summed E-state index contributed by atoms with van der Waals surface area (Å²) in [4.78, 5) is 10.7. The first-order valence-corrected chi connectivity index (χ1v) is 2.92. The van der Waals surface area contributed by atoms with Crippen LogP contribution in [0.4, 0.5) is 0 Å². The highest BCUT2D eigenvalue weighted by Crippen LogP contribution is 2.16. The van der Waals surface area contributed by atoms with Crippen molar-refractivity contribution < 1.29 is 14.6 Å². The molecular formula is C7H8O3. The fraction of sp³-hybridized carbons (Fsp3) is 0.286. The molecule has 0 aromatic rings. The van der Waals surface area contributed by atoms with Crippen LogP contribution in [0.15, 0.2) is 23.5 Å². The summed E-state index contributed by atoms with van der Waals surface area (Å²) in [6.45, 7) is 0. The van der Waals surface area contributed by atoms with E-state index >= 15 is 0 Å². The van der Waals surface area contributed by atoms with Gasteiger partial charge in [-0.15, -0.1) is 0 Å². The second kappa shape index (κ2) is 2.56. The zero-order valence-corrected chi connectivity index (χ0v) is 5.63. The molecule has 3 nitrogen and oxygen atoms in total. The Morgan fingerprint density at radius 3 is 2.90 bits per heavy atom. The second-order valence-corrected chi connectivity index (χ2v) is 1.96. The first-order chi connectivity index (χ1) is 4.75.